The van der Waals surface area contributed by atoms with Crippen LogP contribution in [0.5, 0.6) is 11.5 Å². The molecule has 8 heteroatoms. The lowest BCUT2D eigenvalue weighted by molar-refractivity contribution is -0.138. The van der Waals surface area contributed by atoms with Gasteiger partial charge < -0.3 is 24.9 Å². The fourth-order valence-corrected chi connectivity index (χ4v) is 2.65. The Balaban J connectivity index is 1.70. The number of anilines is 1. The van der Waals surface area contributed by atoms with Crippen molar-refractivity contribution in [1.82, 2.24) is 15.0 Å². The molecule has 1 atom stereocenters. The summed E-state index contributed by atoms with van der Waals surface area (Å²) >= 11 is 0. The van der Waals surface area contributed by atoms with Crippen LogP contribution in [-0.2, 0) is 4.79 Å². The Morgan fingerprint density at radius 1 is 1.21 bits per heavy atom. The van der Waals surface area contributed by atoms with Crippen LogP contribution >= 0.6 is 0 Å². The molecule has 8 nitrogen and oxygen atoms in total. The van der Waals surface area contributed by atoms with Gasteiger partial charge >= 0.3 is 5.97 Å². The second kappa shape index (κ2) is 5.73. The van der Waals surface area contributed by atoms with Gasteiger partial charge in [0.2, 0.25) is 0 Å². The minimum Gasteiger partial charge on any atom is -0.486 e. The number of hydrogen-bond donors (Lipinski definition) is 3. The molecule has 24 heavy (non-hydrogen) atoms. The van der Waals surface area contributed by atoms with Crippen LogP contribution in [0.1, 0.15) is 11.6 Å². The van der Waals surface area contributed by atoms with Crippen molar-refractivity contribution in [3.8, 4) is 11.5 Å². The molecule has 122 valence electrons. The van der Waals surface area contributed by atoms with Crippen LogP contribution in [0.4, 0.5) is 5.82 Å². The molecule has 0 unspecified atom stereocenters. The first-order valence-electron chi connectivity index (χ1n) is 7.39. The lowest BCUT2D eigenvalue weighted by Gasteiger charge is -2.21. The van der Waals surface area contributed by atoms with Gasteiger partial charge in [-0.05, 0) is 23.8 Å². The number of aromatic nitrogens is 3. The van der Waals surface area contributed by atoms with E-state index >= 15 is 0 Å². The monoisotopic (exact) mass is 326 g/mol. The molecule has 0 spiro atoms. The quantitative estimate of drug-likeness (QED) is 0.672. The number of nitrogens with zero attached hydrogens (tertiary/aromatic N) is 2. The molecule has 1 aliphatic rings. The summed E-state index contributed by atoms with van der Waals surface area (Å²) < 4.78 is 11.0. The molecule has 3 heterocycles. The Hall–Kier alpha value is -3.29. The number of carboxylic acid groups (broad SMARTS) is 1. The normalized spacial score (nSPS) is 14.3. The average Bonchev–Trinajstić information content (AvgIpc) is 3.08. The lowest BCUT2D eigenvalue weighted by atomic mass is 10.1. The van der Waals surface area contributed by atoms with E-state index in [1.165, 1.54) is 6.33 Å². The molecule has 2 aromatic heterocycles. The van der Waals surface area contributed by atoms with Gasteiger partial charge in [0.05, 0.1) is 5.39 Å². The molecular formula is C16H14N4O4. The van der Waals surface area contributed by atoms with E-state index in [0.29, 0.717) is 41.7 Å². The summed E-state index contributed by atoms with van der Waals surface area (Å²) in [4.78, 5) is 23.0. The Bertz CT molecular complexity index is 908. The number of fused-ring (bicyclic) bond motifs is 2. The van der Waals surface area contributed by atoms with Crippen LogP contribution in [-0.4, -0.2) is 39.2 Å². The van der Waals surface area contributed by atoms with E-state index in [9.17, 15) is 9.90 Å². The van der Waals surface area contributed by atoms with Gasteiger partial charge in [0.25, 0.3) is 0 Å². The van der Waals surface area contributed by atoms with Gasteiger partial charge in [-0.1, -0.05) is 6.07 Å². The Kier molecular flexibility index (Phi) is 3.42. The standard InChI is InChI=1S/C16H14N4O4/c21-16(22)13(9-1-2-11-12(7-9)24-6-5-23-11)20-15-10-3-4-17-14(10)18-8-19-15/h1-4,7-8,13H,5-6H2,(H,21,22)(H2,17,18,19,20)/t13-/m0/s1. The smallest absolute Gasteiger partial charge is 0.330 e. The highest BCUT2D eigenvalue weighted by Gasteiger charge is 2.24. The van der Waals surface area contributed by atoms with Crippen molar-refractivity contribution in [2.45, 2.75) is 6.04 Å². The number of nitrogens with one attached hydrogen (secondary N) is 2. The van der Waals surface area contributed by atoms with Gasteiger partial charge in [-0.15, -0.1) is 0 Å². The number of aromatic amines is 1. The van der Waals surface area contributed by atoms with E-state index in [4.69, 9.17) is 9.47 Å². The lowest BCUT2D eigenvalue weighted by Crippen LogP contribution is -2.22. The highest BCUT2D eigenvalue weighted by Crippen LogP contribution is 2.34. The summed E-state index contributed by atoms with van der Waals surface area (Å²) in [6, 6.07) is 5.91. The van der Waals surface area contributed by atoms with E-state index < -0.39 is 12.0 Å². The Labute approximate surface area is 136 Å². The van der Waals surface area contributed by atoms with Crippen LogP contribution in [0, 0.1) is 0 Å². The summed E-state index contributed by atoms with van der Waals surface area (Å²) in [5.74, 6) is 0.586. The summed E-state index contributed by atoms with van der Waals surface area (Å²) in [6.45, 7) is 0.927. The molecule has 0 saturated heterocycles. The van der Waals surface area contributed by atoms with E-state index in [0.717, 1.165) is 5.39 Å². The van der Waals surface area contributed by atoms with E-state index in [1.54, 1.807) is 30.5 Å². The molecule has 0 aliphatic carbocycles. The maximum atomic E-state index is 11.8. The number of ether oxygens (including phenoxy) is 2. The van der Waals surface area contributed by atoms with Gasteiger partial charge in [-0.2, -0.15) is 0 Å². The number of H-pyrrole nitrogens is 1. The van der Waals surface area contributed by atoms with Gasteiger partial charge in [-0.3, -0.25) is 0 Å². The number of rotatable bonds is 4. The van der Waals surface area contributed by atoms with Gasteiger partial charge in [0, 0.05) is 6.20 Å². The van der Waals surface area contributed by atoms with Crippen LogP contribution in [0.15, 0.2) is 36.8 Å². The van der Waals surface area contributed by atoms with E-state index in [1.807, 2.05) is 0 Å². The number of aliphatic carboxylic acids is 1. The molecule has 3 N–H and O–H groups in total. The molecule has 0 radical (unpaired) electrons. The molecule has 0 saturated carbocycles. The maximum Gasteiger partial charge on any atom is 0.330 e. The van der Waals surface area contributed by atoms with Crippen molar-refractivity contribution in [3.05, 3.63) is 42.4 Å². The minimum atomic E-state index is -1.02. The molecule has 1 aliphatic heterocycles. The molecule has 4 rings (SSSR count). The zero-order valence-electron chi connectivity index (χ0n) is 12.5. The third-order valence-corrected chi connectivity index (χ3v) is 3.78. The number of carboxylic acids is 1. The van der Waals surface area contributed by atoms with Crippen LogP contribution in [0.2, 0.25) is 0 Å². The SMILES string of the molecule is O=C(O)[C@@H](Nc1ncnc2[nH]ccc12)c1ccc2c(c1)OCCO2. The topological polar surface area (TPSA) is 109 Å². The first-order chi connectivity index (χ1) is 11.7. The van der Waals surface area contributed by atoms with Crippen LogP contribution < -0.4 is 14.8 Å². The third kappa shape index (κ3) is 2.47. The second-order valence-corrected chi connectivity index (χ2v) is 5.28. The van der Waals surface area contributed by atoms with E-state index in [-0.39, 0.29) is 0 Å². The fraction of sp³-hybridized carbons (Fsp3) is 0.188. The number of carbonyl (C=O) groups is 1. The van der Waals surface area contributed by atoms with Crippen molar-refractivity contribution in [2.24, 2.45) is 0 Å². The van der Waals surface area contributed by atoms with E-state index in [2.05, 4.69) is 20.3 Å². The van der Waals surface area contributed by atoms with Gasteiger partial charge in [0.15, 0.2) is 17.5 Å². The van der Waals surface area contributed by atoms with Crippen molar-refractivity contribution in [1.29, 1.82) is 0 Å². The van der Waals surface area contributed by atoms with Crippen molar-refractivity contribution in [2.75, 3.05) is 18.5 Å². The molecule has 3 aromatic rings. The molecular weight excluding hydrogens is 312 g/mol. The maximum absolute atomic E-state index is 11.8. The average molecular weight is 326 g/mol. The zero-order chi connectivity index (χ0) is 16.5. The first-order valence-corrected chi connectivity index (χ1v) is 7.39. The summed E-state index contributed by atoms with van der Waals surface area (Å²) in [5, 5.41) is 13.3. The summed E-state index contributed by atoms with van der Waals surface area (Å²) in [5.41, 5.74) is 1.19. The summed E-state index contributed by atoms with van der Waals surface area (Å²) in [7, 11) is 0. The Morgan fingerprint density at radius 2 is 2.04 bits per heavy atom. The zero-order valence-corrected chi connectivity index (χ0v) is 12.5. The second-order valence-electron chi connectivity index (χ2n) is 5.28. The highest BCUT2D eigenvalue weighted by molar-refractivity contribution is 5.89. The van der Waals surface area contributed by atoms with Crippen molar-refractivity contribution >= 4 is 22.8 Å². The fourth-order valence-electron chi connectivity index (χ4n) is 2.65. The number of hydrogen-bond acceptors (Lipinski definition) is 6. The predicted molar refractivity (Wildman–Crippen MR) is 85.3 cm³/mol. The molecule has 1 aromatic carbocycles. The van der Waals surface area contributed by atoms with Gasteiger partial charge in [-0.25, -0.2) is 14.8 Å². The van der Waals surface area contributed by atoms with Crippen molar-refractivity contribution < 1.29 is 19.4 Å². The summed E-state index contributed by atoms with van der Waals surface area (Å²) in [6.07, 6.45) is 3.11. The molecule has 0 amide bonds. The minimum absolute atomic E-state index is 0.442. The highest BCUT2D eigenvalue weighted by atomic mass is 16.6. The number of benzene rings is 1. The predicted octanol–water partition coefficient (Wildman–Crippen LogP) is 1.97. The molecule has 0 bridgehead atoms. The third-order valence-electron chi connectivity index (χ3n) is 3.78. The van der Waals surface area contributed by atoms with Gasteiger partial charge in [0.1, 0.15) is 31.0 Å². The largest absolute Gasteiger partial charge is 0.486 e. The van der Waals surface area contributed by atoms with Crippen LogP contribution in [0.3, 0.4) is 0 Å². The van der Waals surface area contributed by atoms with Crippen LogP contribution in [0.25, 0.3) is 11.0 Å². The first kappa shape index (κ1) is 14.3. The molecule has 0 fully saturated rings. The van der Waals surface area contributed by atoms with Crippen molar-refractivity contribution in [3.63, 3.8) is 0 Å². The Morgan fingerprint density at radius 3 is 2.88 bits per heavy atom.